The Morgan fingerprint density at radius 1 is 1.10 bits per heavy atom. The number of benzene rings is 2. The van der Waals surface area contributed by atoms with E-state index in [1.165, 1.54) is 0 Å². The topological polar surface area (TPSA) is 47.3 Å². The van der Waals surface area contributed by atoms with Crippen molar-refractivity contribution >= 4 is 11.0 Å². The zero-order valence-corrected chi connectivity index (χ0v) is 11.2. The van der Waals surface area contributed by atoms with Crippen molar-refractivity contribution in [3.63, 3.8) is 0 Å². The van der Waals surface area contributed by atoms with Gasteiger partial charge >= 0.3 is 0 Å². The van der Waals surface area contributed by atoms with E-state index in [0.29, 0.717) is 12.4 Å². The zero-order chi connectivity index (χ0) is 13.9. The van der Waals surface area contributed by atoms with Gasteiger partial charge in [-0.15, -0.1) is 0 Å². The molecule has 4 heteroatoms. The van der Waals surface area contributed by atoms with E-state index in [-0.39, 0.29) is 0 Å². The van der Waals surface area contributed by atoms with Gasteiger partial charge in [0.1, 0.15) is 5.82 Å². The monoisotopic (exact) mass is 268 g/mol. The lowest BCUT2D eigenvalue weighted by molar-refractivity contribution is -0.145. The van der Waals surface area contributed by atoms with Crippen LogP contribution >= 0.6 is 0 Å². The fraction of sp³-hybridized carbons (Fsp3) is 0.188. The van der Waals surface area contributed by atoms with Gasteiger partial charge in [-0.25, -0.2) is 4.98 Å². The van der Waals surface area contributed by atoms with Crippen LogP contribution in [-0.2, 0) is 4.74 Å². The van der Waals surface area contributed by atoms with Gasteiger partial charge in [0.2, 0.25) is 6.41 Å². The highest BCUT2D eigenvalue weighted by Gasteiger charge is 2.17. The van der Waals surface area contributed by atoms with Crippen LogP contribution in [0.3, 0.4) is 0 Å². The molecule has 4 nitrogen and oxygen atoms in total. The van der Waals surface area contributed by atoms with Crippen molar-refractivity contribution in [2.24, 2.45) is 0 Å². The number of aliphatic hydroxyl groups excluding tert-OH is 1. The minimum atomic E-state index is -1.04. The normalized spacial score (nSPS) is 12.7. The van der Waals surface area contributed by atoms with Crippen LogP contribution in [-0.4, -0.2) is 21.3 Å². The fourth-order valence-electron chi connectivity index (χ4n) is 2.28. The first kappa shape index (κ1) is 12.8. The number of aromatic nitrogens is 2. The maximum absolute atomic E-state index is 10.3. The lowest BCUT2D eigenvalue weighted by Crippen LogP contribution is -2.13. The minimum Gasteiger partial charge on any atom is -0.351 e. The largest absolute Gasteiger partial charge is 0.351 e. The van der Waals surface area contributed by atoms with Crippen LogP contribution in [0.4, 0.5) is 0 Å². The summed E-state index contributed by atoms with van der Waals surface area (Å²) in [4.78, 5) is 4.61. The molecule has 0 saturated heterocycles. The average Bonchev–Trinajstić information content (AvgIpc) is 2.88. The summed E-state index contributed by atoms with van der Waals surface area (Å²) in [6, 6.07) is 17.5. The molecule has 0 spiro atoms. The number of aliphatic hydroxyl groups is 1. The van der Waals surface area contributed by atoms with Crippen LogP contribution in [0.2, 0.25) is 0 Å². The molecule has 0 radical (unpaired) electrons. The predicted octanol–water partition coefficient (Wildman–Crippen LogP) is 3.19. The van der Waals surface area contributed by atoms with Gasteiger partial charge in [0, 0.05) is 12.2 Å². The second-order valence-corrected chi connectivity index (χ2v) is 4.44. The number of hydrogen-bond acceptors (Lipinski definition) is 3. The number of nitrogens with zero attached hydrogens (tertiary/aromatic N) is 2. The molecule has 1 aromatic heterocycles. The van der Waals surface area contributed by atoms with E-state index < -0.39 is 6.41 Å². The highest BCUT2D eigenvalue weighted by molar-refractivity contribution is 5.80. The number of rotatable bonds is 4. The number of fused-ring (bicyclic) bond motifs is 1. The SMILES string of the molecule is CCOC(O)n1c(-c2ccccc2)nc2ccccc21. The smallest absolute Gasteiger partial charge is 0.243 e. The van der Waals surface area contributed by atoms with E-state index in [9.17, 15) is 5.11 Å². The van der Waals surface area contributed by atoms with Crippen LogP contribution in [0.5, 0.6) is 0 Å². The third kappa shape index (κ3) is 2.19. The maximum Gasteiger partial charge on any atom is 0.243 e. The number of para-hydroxylation sites is 2. The Bertz CT molecular complexity index is 707. The molecule has 0 fully saturated rings. The van der Waals surface area contributed by atoms with Crippen molar-refractivity contribution in [3.05, 3.63) is 54.6 Å². The highest BCUT2D eigenvalue weighted by Crippen LogP contribution is 2.27. The maximum atomic E-state index is 10.3. The summed E-state index contributed by atoms with van der Waals surface area (Å²) in [6.45, 7) is 2.28. The molecule has 0 amide bonds. The van der Waals surface area contributed by atoms with E-state index in [2.05, 4.69) is 4.98 Å². The van der Waals surface area contributed by atoms with Gasteiger partial charge in [0.25, 0.3) is 0 Å². The summed E-state index contributed by atoms with van der Waals surface area (Å²) in [6.07, 6.45) is -1.04. The van der Waals surface area contributed by atoms with Gasteiger partial charge in [-0.2, -0.15) is 0 Å². The van der Waals surface area contributed by atoms with Crippen LogP contribution in [0, 0.1) is 0 Å². The van der Waals surface area contributed by atoms with Crippen molar-refractivity contribution in [1.29, 1.82) is 0 Å². The van der Waals surface area contributed by atoms with Crippen LogP contribution in [0.1, 0.15) is 13.3 Å². The highest BCUT2D eigenvalue weighted by atomic mass is 16.6. The van der Waals surface area contributed by atoms with Gasteiger partial charge in [-0.1, -0.05) is 42.5 Å². The molecule has 0 aliphatic heterocycles. The summed E-state index contributed by atoms with van der Waals surface area (Å²) in [5, 5.41) is 10.3. The minimum absolute atomic E-state index is 0.432. The van der Waals surface area contributed by atoms with E-state index in [0.717, 1.165) is 16.6 Å². The molecule has 0 aliphatic carbocycles. The first-order chi connectivity index (χ1) is 9.81. The summed E-state index contributed by atoms with van der Waals surface area (Å²) < 4.78 is 7.05. The predicted molar refractivity (Wildman–Crippen MR) is 78.1 cm³/mol. The molecule has 0 aliphatic rings. The number of ether oxygens (including phenoxy) is 1. The first-order valence-corrected chi connectivity index (χ1v) is 6.63. The Hall–Kier alpha value is -2.17. The van der Waals surface area contributed by atoms with Crippen molar-refractivity contribution in [3.8, 4) is 11.4 Å². The summed E-state index contributed by atoms with van der Waals surface area (Å²) in [5.41, 5.74) is 2.64. The molecule has 20 heavy (non-hydrogen) atoms. The third-order valence-corrected chi connectivity index (χ3v) is 3.16. The van der Waals surface area contributed by atoms with Gasteiger partial charge in [0.15, 0.2) is 0 Å². The first-order valence-electron chi connectivity index (χ1n) is 6.63. The quantitative estimate of drug-likeness (QED) is 0.739. The molecule has 3 rings (SSSR count). The summed E-state index contributed by atoms with van der Waals surface area (Å²) in [5.74, 6) is 0.702. The summed E-state index contributed by atoms with van der Waals surface area (Å²) in [7, 11) is 0. The van der Waals surface area contributed by atoms with Crippen LogP contribution in [0.25, 0.3) is 22.4 Å². The van der Waals surface area contributed by atoms with E-state index in [1.807, 2.05) is 61.5 Å². The van der Waals surface area contributed by atoms with E-state index in [1.54, 1.807) is 4.57 Å². The molecular formula is C16H16N2O2. The molecule has 1 heterocycles. The Morgan fingerprint density at radius 3 is 2.55 bits per heavy atom. The fourth-order valence-corrected chi connectivity index (χ4v) is 2.28. The van der Waals surface area contributed by atoms with Crippen molar-refractivity contribution < 1.29 is 9.84 Å². The Kier molecular flexibility index (Phi) is 3.50. The molecule has 1 N–H and O–H groups in total. The van der Waals surface area contributed by atoms with Crippen LogP contribution in [0.15, 0.2) is 54.6 Å². The Labute approximate surface area is 117 Å². The third-order valence-electron chi connectivity index (χ3n) is 3.16. The molecule has 1 atom stereocenters. The molecule has 102 valence electrons. The van der Waals surface area contributed by atoms with Crippen molar-refractivity contribution in [2.75, 3.05) is 6.61 Å². The Balaban J connectivity index is 2.23. The second kappa shape index (κ2) is 5.45. The standard InChI is InChI=1S/C16H16N2O2/c1-2-20-16(19)18-14-11-7-6-10-13(14)17-15(18)12-8-4-3-5-9-12/h3-11,16,19H,2H2,1H3. The average molecular weight is 268 g/mol. The molecule has 0 saturated carbocycles. The molecule has 1 unspecified atom stereocenters. The number of imidazole rings is 1. The zero-order valence-electron chi connectivity index (χ0n) is 11.2. The summed E-state index contributed by atoms with van der Waals surface area (Å²) >= 11 is 0. The van der Waals surface area contributed by atoms with Crippen LogP contribution < -0.4 is 0 Å². The lowest BCUT2D eigenvalue weighted by atomic mass is 10.2. The van der Waals surface area contributed by atoms with Crippen molar-refractivity contribution in [1.82, 2.24) is 9.55 Å². The second-order valence-electron chi connectivity index (χ2n) is 4.44. The molecule has 0 bridgehead atoms. The molecule has 2 aromatic carbocycles. The van der Waals surface area contributed by atoms with Gasteiger partial charge in [0.05, 0.1) is 11.0 Å². The van der Waals surface area contributed by atoms with Gasteiger partial charge in [-0.05, 0) is 19.1 Å². The van der Waals surface area contributed by atoms with Crippen molar-refractivity contribution in [2.45, 2.75) is 13.3 Å². The Morgan fingerprint density at radius 2 is 1.80 bits per heavy atom. The van der Waals surface area contributed by atoms with E-state index in [4.69, 9.17) is 4.74 Å². The lowest BCUT2D eigenvalue weighted by Gasteiger charge is -2.16. The van der Waals surface area contributed by atoms with Gasteiger partial charge < -0.3 is 9.84 Å². The van der Waals surface area contributed by atoms with Gasteiger partial charge in [-0.3, -0.25) is 4.57 Å². The number of hydrogen-bond donors (Lipinski definition) is 1. The molecule has 3 aromatic rings. The molecular weight excluding hydrogens is 252 g/mol. The van der Waals surface area contributed by atoms with E-state index >= 15 is 0 Å².